The quantitative estimate of drug-likeness (QED) is 0.153. The molecule has 0 amide bonds. The van der Waals surface area contributed by atoms with E-state index < -0.39 is 0 Å². The second-order valence-corrected chi connectivity index (χ2v) is 33.2. The van der Waals surface area contributed by atoms with Crippen LogP contribution in [0.4, 0.5) is 0 Å². The monoisotopic (exact) mass is 1260 g/mol. The fourth-order valence-corrected chi connectivity index (χ4v) is 21.5. The van der Waals surface area contributed by atoms with E-state index in [9.17, 15) is 0 Å². The number of benzene rings is 10. The summed E-state index contributed by atoms with van der Waals surface area (Å²) in [7, 11) is 86.3. The van der Waals surface area contributed by atoms with Crippen LogP contribution in [-0.2, 0) is 0 Å². The molecule has 0 radical (unpaired) electrons. The minimum atomic E-state index is 1.31. The van der Waals surface area contributed by atoms with Crippen molar-refractivity contribution in [1.82, 2.24) is 13.7 Å². The Kier molecular flexibility index (Phi) is 17.0. The number of fused-ring (bicyclic) bond motifs is 12. The van der Waals surface area contributed by atoms with E-state index in [1.165, 1.54) is 322 Å². The maximum atomic E-state index is 2.83. The van der Waals surface area contributed by atoms with Gasteiger partial charge in [-0.05, 0) is 38.4 Å². The van der Waals surface area contributed by atoms with Crippen LogP contribution >= 0.6 is 11.3 Å². The molecule has 0 aliphatic heterocycles. The van der Waals surface area contributed by atoms with Crippen molar-refractivity contribution in [3.05, 3.63) is 6.07 Å². The Morgan fingerprint density at radius 3 is 0.850 bits per heavy atom. The predicted molar refractivity (Wildman–Crippen MR) is 568 cm³/mol. The Labute approximate surface area is 630 Å². The standard InChI is InChI=1S/C60H73B36N3S/c61-3-1-2-4-17(64)30(77)36(83)41(88)51(4)97(50(2)40(87)15(3)62)57-26(73)12-10-24(71)34(81)38(85)43(90)53(10)99(55(12)46(93)47(57)94)58-27(74)11-9-23(70)33(80)37(84)42(89)52(9)98(54(11)45(92)48(58)95)56-14-13-25(72)18(65)8(28(75)59(13)100-60(14)49(96)39(86)44(56)91)6-16(63)5(19(66)29(76)20(6)67)7-21(68)31(78)35(82)32(79)22(7)69/h1H,61-96H2. The molecule has 0 N–H and O–H groups in total. The van der Waals surface area contributed by atoms with Gasteiger partial charge in [-0.3, -0.25) is 0 Å². The van der Waals surface area contributed by atoms with Gasteiger partial charge >= 0.3 is 0 Å². The minimum absolute atomic E-state index is 1.31. The molecule has 3 nitrogen and oxygen atoms in total. The minimum Gasteiger partial charge on any atom is -0.312 e. The van der Waals surface area contributed by atoms with E-state index in [0.717, 1.165) is 0 Å². The summed E-state index contributed by atoms with van der Waals surface area (Å²) in [5.74, 6) is 0. The summed E-state index contributed by atoms with van der Waals surface area (Å²) >= 11 is 2.04. The fourth-order valence-electron chi connectivity index (χ4n) is 20.0. The summed E-state index contributed by atoms with van der Waals surface area (Å²) in [6.45, 7) is 0. The lowest BCUT2D eigenvalue weighted by Crippen LogP contribution is -2.57. The molecule has 0 spiro atoms. The number of hydrogen-bond acceptors (Lipinski definition) is 1. The molecule has 4 aromatic heterocycles. The lowest BCUT2D eigenvalue weighted by Gasteiger charge is -2.29. The number of thiophene rings is 1. The molecule has 0 unspecified atom stereocenters. The zero-order chi connectivity index (χ0) is 73.2. The van der Waals surface area contributed by atoms with E-state index in [2.05, 4.69) is 302 Å². The van der Waals surface area contributed by atoms with Gasteiger partial charge in [-0.15, -0.1) is 49.6 Å². The van der Waals surface area contributed by atoms with Crippen molar-refractivity contribution in [2.24, 2.45) is 0 Å². The molecule has 0 aliphatic rings. The molecule has 10 aromatic carbocycles. The van der Waals surface area contributed by atoms with Crippen molar-refractivity contribution in [2.75, 3.05) is 0 Å². The van der Waals surface area contributed by atoms with Gasteiger partial charge in [-0.25, -0.2) is 0 Å². The van der Waals surface area contributed by atoms with Gasteiger partial charge in [0.15, 0.2) is 0 Å². The molecule has 40 heteroatoms. The third-order valence-corrected chi connectivity index (χ3v) is 29.9. The van der Waals surface area contributed by atoms with Crippen LogP contribution in [0.25, 0.3) is 125 Å². The van der Waals surface area contributed by atoms with Crippen LogP contribution in [-0.4, -0.2) is 296 Å². The molecule has 0 saturated heterocycles. The molecule has 14 aromatic rings. The summed E-state index contributed by atoms with van der Waals surface area (Å²) in [6.07, 6.45) is 0. The molecular weight excluding hydrogens is 1180 g/mol. The zero-order valence-electron chi connectivity index (χ0n) is 67.8. The normalized spacial score (nSPS) is 12.0. The van der Waals surface area contributed by atoms with Gasteiger partial charge in [-0.2, -0.15) is 0 Å². The molecular formula is C60H73B36N3S. The van der Waals surface area contributed by atoms with Crippen LogP contribution in [0, 0.1) is 0 Å². The summed E-state index contributed by atoms with van der Waals surface area (Å²) in [6, 6.07) is 2.50. The van der Waals surface area contributed by atoms with E-state index in [-0.39, 0.29) is 0 Å². The Morgan fingerprint density at radius 2 is 0.420 bits per heavy atom. The first kappa shape index (κ1) is 71.2. The van der Waals surface area contributed by atoms with E-state index in [0.29, 0.717) is 0 Å². The molecule has 14 rings (SSSR count). The second kappa shape index (κ2) is 23.8. The molecule has 442 valence electrons. The van der Waals surface area contributed by atoms with Crippen molar-refractivity contribution in [3.8, 4) is 39.3 Å². The molecule has 0 fully saturated rings. The lowest BCUT2D eigenvalue weighted by atomic mass is 9.55. The SMILES string of the molecule is Bc1cc2c3c(B)c(B)c(B)c(B)c3n(-c3c(B)c(B)c4c(c3B)c3c(B)c(B)c(B)c(B)c3n4-c3c(B)c(B)c4c(c3B)c3c(B)c(B)c(B)c(B)c3n4-c3c(B)c(B)c(B)c4sc5c(B)c(-c6c(B)c(B)c(B)c(-c7c(B)c(B)c(B)c(B)c7B)c6B)c(B)c(B)c5c34)c2c(B)c1B. The summed E-state index contributed by atoms with van der Waals surface area (Å²) < 4.78 is 11.2. The van der Waals surface area contributed by atoms with E-state index in [1.54, 1.807) is 0 Å². The lowest BCUT2D eigenvalue weighted by molar-refractivity contribution is 1.21. The fraction of sp³-hybridized carbons (Fsp3) is 0. The molecule has 100 heavy (non-hydrogen) atoms. The average molecular weight is 1260 g/mol. The van der Waals surface area contributed by atoms with E-state index in [4.69, 9.17) is 0 Å². The summed E-state index contributed by atoms with van der Waals surface area (Å²) in [4.78, 5) is 0. The Balaban J connectivity index is 1.13. The zero-order valence-corrected chi connectivity index (χ0v) is 68.6. The van der Waals surface area contributed by atoms with Crippen molar-refractivity contribution in [1.29, 1.82) is 0 Å². The number of rotatable bonds is 5. The highest BCUT2D eigenvalue weighted by molar-refractivity contribution is 7.28. The summed E-state index contributed by atoms with van der Waals surface area (Å²) in [5, 5.41) is 11.1. The maximum absolute atomic E-state index is 2.83. The maximum Gasteiger partial charge on any atom is 0.142 e. The van der Waals surface area contributed by atoms with Crippen molar-refractivity contribution in [2.45, 2.75) is 0 Å². The molecule has 0 atom stereocenters. The van der Waals surface area contributed by atoms with Crippen LogP contribution < -0.4 is 197 Å². The predicted octanol–water partition coefficient (Wildman–Crippen LogP) is -46.0. The highest BCUT2D eigenvalue weighted by Crippen LogP contribution is 2.39. The topological polar surface area (TPSA) is 14.8 Å². The van der Waals surface area contributed by atoms with Crippen LogP contribution in [0.15, 0.2) is 6.07 Å². The third kappa shape index (κ3) is 8.85. The van der Waals surface area contributed by atoms with E-state index in [1.807, 2.05) is 11.3 Å². The summed E-state index contributed by atoms with van der Waals surface area (Å²) in [5.41, 5.74) is 67.1. The van der Waals surface area contributed by atoms with Gasteiger partial charge < -0.3 is 13.7 Å². The third-order valence-electron chi connectivity index (χ3n) is 28.5. The first-order valence-electron chi connectivity index (χ1n) is 37.0. The first-order valence-corrected chi connectivity index (χ1v) is 37.8. The van der Waals surface area contributed by atoms with Gasteiger partial charge in [0.05, 0.1) is 0 Å². The Morgan fingerprint density at radius 1 is 0.170 bits per heavy atom. The highest BCUT2D eigenvalue weighted by Gasteiger charge is 2.34. The van der Waals surface area contributed by atoms with Crippen LogP contribution in [0.1, 0.15) is 0 Å². The first-order chi connectivity index (χ1) is 46.8. The highest BCUT2D eigenvalue weighted by atomic mass is 32.1. The van der Waals surface area contributed by atoms with Gasteiger partial charge in [0.1, 0.15) is 282 Å². The largest absolute Gasteiger partial charge is 0.312 e. The van der Waals surface area contributed by atoms with Crippen LogP contribution in [0.3, 0.4) is 0 Å². The molecule has 0 bridgehead atoms. The number of nitrogens with zero attached hydrogens (tertiary/aromatic N) is 3. The smallest absolute Gasteiger partial charge is 0.142 e. The van der Waals surface area contributed by atoms with Crippen LogP contribution in [0.2, 0.25) is 0 Å². The molecule has 0 aliphatic carbocycles. The number of aromatic nitrogens is 3. The van der Waals surface area contributed by atoms with Gasteiger partial charge in [0.25, 0.3) is 0 Å². The van der Waals surface area contributed by atoms with Crippen molar-refractivity contribution < 1.29 is 0 Å². The van der Waals surface area contributed by atoms with Crippen molar-refractivity contribution in [3.63, 3.8) is 0 Å². The van der Waals surface area contributed by atoms with Gasteiger partial charge in [-0.1, -0.05) is 164 Å². The van der Waals surface area contributed by atoms with Crippen LogP contribution in [0.5, 0.6) is 0 Å². The Bertz CT molecular complexity index is 6330. The Hall–Kier alpha value is -5.84. The second-order valence-electron chi connectivity index (χ2n) is 32.1. The molecule has 0 saturated carbocycles. The molecule has 4 heterocycles. The van der Waals surface area contributed by atoms with Crippen molar-refractivity contribution >= 4 is 576 Å². The average Bonchev–Trinajstić information content (AvgIpc) is 1.51. The van der Waals surface area contributed by atoms with E-state index >= 15 is 0 Å². The number of hydrogen-bond donors (Lipinski definition) is 0. The van der Waals surface area contributed by atoms with Gasteiger partial charge in [0.2, 0.25) is 0 Å². The van der Waals surface area contributed by atoms with Gasteiger partial charge in [0, 0.05) is 86.5 Å².